The minimum absolute atomic E-state index is 0.0971. The lowest BCUT2D eigenvalue weighted by Gasteiger charge is -2.25. The predicted octanol–water partition coefficient (Wildman–Crippen LogP) is 1.82. The Hall–Kier alpha value is -1.63. The molecule has 1 fully saturated rings. The van der Waals surface area contributed by atoms with E-state index in [1.807, 2.05) is 0 Å². The van der Waals surface area contributed by atoms with Crippen molar-refractivity contribution in [1.82, 2.24) is 20.9 Å². The van der Waals surface area contributed by atoms with E-state index in [2.05, 4.69) is 54.0 Å². The molecule has 1 aliphatic rings. The number of thiazole rings is 1. The molecule has 1 unspecified atom stereocenters. The van der Waals surface area contributed by atoms with Gasteiger partial charge in [0, 0.05) is 49.3 Å². The Bertz CT molecular complexity index is 566. The maximum atomic E-state index is 11.2. The number of carbonyl (C=O) groups excluding carboxylic acids is 1. The molecule has 0 aromatic carbocycles. The molecule has 0 bridgehead atoms. The summed E-state index contributed by atoms with van der Waals surface area (Å²) in [7, 11) is 0. The van der Waals surface area contributed by atoms with Gasteiger partial charge in [-0.2, -0.15) is 0 Å². The molecule has 7 heteroatoms. The minimum atomic E-state index is 0.0971. The van der Waals surface area contributed by atoms with E-state index in [1.165, 1.54) is 0 Å². The Morgan fingerprint density at radius 2 is 2.29 bits per heavy atom. The summed E-state index contributed by atoms with van der Waals surface area (Å²) in [5, 5.41) is 12.8. The number of hydrogen-bond donors (Lipinski definition) is 3. The molecule has 134 valence electrons. The van der Waals surface area contributed by atoms with Crippen molar-refractivity contribution in [2.75, 3.05) is 19.6 Å². The van der Waals surface area contributed by atoms with Crippen LogP contribution in [0.5, 0.6) is 0 Å². The van der Waals surface area contributed by atoms with E-state index in [-0.39, 0.29) is 17.4 Å². The fourth-order valence-electron chi connectivity index (χ4n) is 2.40. The van der Waals surface area contributed by atoms with Gasteiger partial charge < -0.3 is 16.0 Å². The van der Waals surface area contributed by atoms with Crippen LogP contribution >= 0.6 is 11.3 Å². The zero-order valence-corrected chi connectivity index (χ0v) is 15.9. The Balaban J connectivity index is 1.86. The van der Waals surface area contributed by atoms with Gasteiger partial charge in [-0.1, -0.05) is 20.8 Å². The molecule has 1 saturated heterocycles. The van der Waals surface area contributed by atoms with Gasteiger partial charge in [0.1, 0.15) is 0 Å². The van der Waals surface area contributed by atoms with E-state index < -0.39 is 0 Å². The second-order valence-corrected chi connectivity index (χ2v) is 8.01. The molecule has 0 spiro atoms. The van der Waals surface area contributed by atoms with Crippen molar-refractivity contribution in [3.63, 3.8) is 0 Å². The number of guanidine groups is 1. The smallest absolute Gasteiger partial charge is 0.220 e. The molecule has 1 aliphatic heterocycles. The molecule has 1 atom stereocenters. The SMILES string of the molecule is CCNC(=NCCc1nc(C(C)(C)C)cs1)NC1CCC(=O)NC1. The number of nitrogens with zero attached hydrogens (tertiary/aromatic N) is 2. The third-order valence-corrected chi connectivity index (χ3v) is 4.77. The highest BCUT2D eigenvalue weighted by molar-refractivity contribution is 7.09. The molecule has 3 N–H and O–H groups in total. The third kappa shape index (κ3) is 5.78. The van der Waals surface area contributed by atoms with Gasteiger partial charge in [0.15, 0.2) is 5.96 Å². The van der Waals surface area contributed by atoms with Gasteiger partial charge in [0.05, 0.1) is 10.7 Å². The second-order valence-electron chi connectivity index (χ2n) is 7.07. The van der Waals surface area contributed by atoms with Crippen LogP contribution in [0.2, 0.25) is 0 Å². The van der Waals surface area contributed by atoms with Crippen molar-refractivity contribution in [2.24, 2.45) is 4.99 Å². The van der Waals surface area contributed by atoms with Gasteiger partial charge in [-0.3, -0.25) is 9.79 Å². The summed E-state index contributed by atoms with van der Waals surface area (Å²) < 4.78 is 0. The van der Waals surface area contributed by atoms with E-state index in [0.717, 1.165) is 36.0 Å². The quantitative estimate of drug-likeness (QED) is 0.558. The average Bonchev–Trinajstić information content (AvgIpc) is 2.99. The Morgan fingerprint density at radius 1 is 1.50 bits per heavy atom. The summed E-state index contributed by atoms with van der Waals surface area (Å²) in [4.78, 5) is 20.6. The summed E-state index contributed by atoms with van der Waals surface area (Å²) in [5.74, 6) is 0.944. The van der Waals surface area contributed by atoms with E-state index in [1.54, 1.807) is 11.3 Å². The van der Waals surface area contributed by atoms with Crippen LogP contribution < -0.4 is 16.0 Å². The number of carbonyl (C=O) groups is 1. The van der Waals surface area contributed by atoms with Crippen LogP contribution in [-0.4, -0.2) is 42.5 Å². The standard InChI is InChI=1S/C17H29N5OS/c1-5-18-16(21-12-6-7-14(23)20-10-12)19-9-8-15-22-13(11-24-15)17(2,3)4/h11-12H,5-10H2,1-4H3,(H,20,23)(H2,18,19,21). The normalized spacial score (nSPS) is 19.1. The van der Waals surface area contributed by atoms with Crippen LogP contribution in [0.15, 0.2) is 10.4 Å². The summed E-state index contributed by atoms with van der Waals surface area (Å²) in [6, 6.07) is 0.243. The number of piperidine rings is 1. The number of hydrogen-bond acceptors (Lipinski definition) is 4. The highest BCUT2D eigenvalue weighted by atomic mass is 32.1. The molecule has 0 aliphatic carbocycles. The Morgan fingerprint density at radius 3 is 2.88 bits per heavy atom. The van der Waals surface area contributed by atoms with E-state index >= 15 is 0 Å². The fourth-order valence-corrected chi connectivity index (χ4v) is 3.42. The van der Waals surface area contributed by atoms with Crippen molar-refractivity contribution < 1.29 is 4.79 Å². The van der Waals surface area contributed by atoms with E-state index in [9.17, 15) is 4.79 Å². The third-order valence-electron chi connectivity index (χ3n) is 3.87. The fraction of sp³-hybridized carbons (Fsp3) is 0.706. The number of aromatic nitrogens is 1. The molecule has 1 aromatic rings. The van der Waals surface area contributed by atoms with Crippen LogP contribution in [0.25, 0.3) is 0 Å². The lowest BCUT2D eigenvalue weighted by Crippen LogP contribution is -2.51. The molecular formula is C17H29N5OS. The Kier molecular flexibility index (Phi) is 6.60. The highest BCUT2D eigenvalue weighted by Gasteiger charge is 2.19. The molecule has 1 amide bonds. The summed E-state index contributed by atoms with van der Waals surface area (Å²) in [5.41, 5.74) is 1.24. The van der Waals surface area contributed by atoms with Gasteiger partial charge in [0.2, 0.25) is 5.91 Å². The minimum Gasteiger partial charge on any atom is -0.357 e. The van der Waals surface area contributed by atoms with Gasteiger partial charge >= 0.3 is 0 Å². The highest BCUT2D eigenvalue weighted by Crippen LogP contribution is 2.23. The first-order valence-electron chi connectivity index (χ1n) is 8.65. The largest absolute Gasteiger partial charge is 0.357 e. The molecule has 2 rings (SSSR count). The second kappa shape index (κ2) is 8.46. The molecule has 2 heterocycles. The molecule has 0 saturated carbocycles. The summed E-state index contributed by atoms with van der Waals surface area (Å²) >= 11 is 1.71. The molecule has 24 heavy (non-hydrogen) atoms. The van der Waals surface area contributed by atoms with Crippen molar-refractivity contribution in [3.8, 4) is 0 Å². The van der Waals surface area contributed by atoms with Crippen LogP contribution in [0.4, 0.5) is 0 Å². The predicted molar refractivity (Wildman–Crippen MR) is 99.7 cm³/mol. The summed E-state index contributed by atoms with van der Waals surface area (Å²) in [6.45, 7) is 10.8. The lowest BCUT2D eigenvalue weighted by molar-refractivity contribution is -0.122. The summed E-state index contributed by atoms with van der Waals surface area (Å²) in [6.07, 6.45) is 2.27. The van der Waals surface area contributed by atoms with Crippen molar-refractivity contribution in [3.05, 3.63) is 16.1 Å². The van der Waals surface area contributed by atoms with Gasteiger partial charge in [0.25, 0.3) is 0 Å². The topological polar surface area (TPSA) is 78.4 Å². The monoisotopic (exact) mass is 351 g/mol. The molecule has 1 aromatic heterocycles. The van der Waals surface area contributed by atoms with Gasteiger partial charge in [-0.05, 0) is 13.3 Å². The van der Waals surface area contributed by atoms with Crippen LogP contribution in [-0.2, 0) is 16.6 Å². The average molecular weight is 352 g/mol. The zero-order chi connectivity index (χ0) is 17.6. The molecule has 0 radical (unpaired) electrons. The van der Waals surface area contributed by atoms with Crippen LogP contribution in [0.3, 0.4) is 0 Å². The van der Waals surface area contributed by atoms with Crippen LogP contribution in [0.1, 0.15) is 51.2 Å². The van der Waals surface area contributed by atoms with E-state index in [4.69, 9.17) is 4.98 Å². The van der Waals surface area contributed by atoms with Gasteiger partial charge in [-0.15, -0.1) is 11.3 Å². The molecule has 6 nitrogen and oxygen atoms in total. The van der Waals surface area contributed by atoms with Gasteiger partial charge in [-0.25, -0.2) is 4.98 Å². The maximum Gasteiger partial charge on any atom is 0.220 e. The van der Waals surface area contributed by atoms with Crippen molar-refractivity contribution in [2.45, 2.75) is 58.4 Å². The number of nitrogens with one attached hydrogen (secondary N) is 3. The first-order chi connectivity index (χ1) is 11.4. The number of rotatable bonds is 5. The van der Waals surface area contributed by atoms with E-state index in [0.29, 0.717) is 19.5 Å². The first-order valence-corrected chi connectivity index (χ1v) is 9.53. The maximum absolute atomic E-state index is 11.2. The first kappa shape index (κ1) is 18.7. The zero-order valence-electron chi connectivity index (χ0n) is 15.1. The van der Waals surface area contributed by atoms with Crippen molar-refractivity contribution in [1.29, 1.82) is 0 Å². The van der Waals surface area contributed by atoms with Crippen LogP contribution in [0, 0.1) is 0 Å². The van der Waals surface area contributed by atoms with Crippen molar-refractivity contribution >= 4 is 23.2 Å². The Labute approximate surface area is 148 Å². The number of amides is 1. The number of aliphatic imine (C=N–C) groups is 1. The molecular weight excluding hydrogens is 322 g/mol. The lowest BCUT2D eigenvalue weighted by atomic mass is 9.93.